The third-order valence-electron chi connectivity index (χ3n) is 14.4. The van der Waals surface area contributed by atoms with E-state index in [1.807, 2.05) is 42.5 Å². The highest BCUT2D eigenvalue weighted by Gasteiger charge is 2.74. The first-order valence-corrected chi connectivity index (χ1v) is 17.8. The standard InChI is InChI=1S/C40H50N2O5/c1-36-15-12-28(43)24-38(36)18-19-40(30(25-38)35(45)27-8-10-29(47-3)11-9-27)33(36)13-16-37(2)34(40)14-17-39(37,46)26-41-20-22-42(23-21-41)31-6-4-5-7-32(31)44/h4-11,18-19,25,28,33-34,43-44,46H,12-17,20-24,26H2,1-3H3. The number of phenolic OH excluding ortho intramolecular Hbond substituents is 1. The van der Waals surface area contributed by atoms with Crippen LogP contribution in [0.1, 0.15) is 69.2 Å². The molecule has 4 fully saturated rings. The van der Waals surface area contributed by atoms with Crippen LogP contribution in [-0.2, 0) is 0 Å². The van der Waals surface area contributed by atoms with Crippen molar-refractivity contribution in [2.24, 2.45) is 33.5 Å². The molecule has 47 heavy (non-hydrogen) atoms. The maximum Gasteiger partial charge on any atom is 0.189 e. The summed E-state index contributed by atoms with van der Waals surface area (Å²) in [5.41, 5.74) is 0.350. The molecule has 0 aromatic heterocycles. The van der Waals surface area contributed by atoms with E-state index in [9.17, 15) is 20.1 Å². The van der Waals surface area contributed by atoms with Crippen molar-refractivity contribution in [3.8, 4) is 11.5 Å². The van der Waals surface area contributed by atoms with E-state index in [4.69, 9.17) is 4.74 Å². The zero-order valence-electron chi connectivity index (χ0n) is 28.1. The van der Waals surface area contributed by atoms with E-state index >= 15 is 0 Å². The van der Waals surface area contributed by atoms with Crippen molar-refractivity contribution in [3.05, 3.63) is 77.9 Å². The first-order valence-electron chi connectivity index (χ1n) is 17.8. The number of anilines is 1. The molecule has 2 aromatic rings. The van der Waals surface area contributed by atoms with Crippen molar-refractivity contribution in [1.82, 2.24) is 4.90 Å². The number of fused-ring (bicyclic) bond motifs is 1. The summed E-state index contributed by atoms with van der Waals surface area (Å²) in [6.45, 7) is 8.64. The molecular weight excluding hydrogens is 588 g/mol. The predicted molar refractivity (Wildman–Crippen MR) is 183 cm³/mol. The van der Waals surface area contributed by atoms with Gasteiger partial charge < -0.3 is 25.0 Å². The van der Waals surface area contributed by atoms with E-state index in [0.29, 0.717) is 24.3 Å². The minimum absolute atomic E-state index is 0.0496. The molecule has 250 valence electrons. The molecule has 8 atom stereocenters. The second kappa shape index (κ2) is 10.7. The van der Waals surface area contributed by atoms with E-state index in [0.717, 1.165) is 81.7 Å². The summed E-state index contributed by atoms with van der Waals surface area (Å²) in [6, 6.07) is 15.0. The van der Waals surface area contributed by atoms with Gasteiger partial charge in [-0.15, -0.1) is 0 Å². The molecule has 7 heteroatoms. The molecule has 3 N–H and O–H groups in total. The summed E-state index contributed by atoms with van der Waals surface area (Å²) >= 11 is 0. The molecule has 7 aliphatic rings. The van der Waals surface area contributed by atoms with Crippen LogP contribution in [0.15, 0.2) is 72.3 Å². The van der Waals surface area contributed by atoms with Gasteiger partial charge in [-0.1, -0.05) is 44.2 Å². The minimum atomic E-state index is -0.869. The average molecular weight is 639 g/mol. The van der Waals surface area contributed by atoms with E-state index in [2.05, 4.69) is 41.9 Å². The van der Waals surface area contributed by atoms with Crippen LogP contribution < -0.4 is 9.64 Å². The second-order valence-corrected chi connectivity index (χ2v) is 16.1. The molecule has 3 saturated carbocycles. The molecule has 2 spiro atoms. The number of aliphatic hydroxyl groups is 2. The topological polar surface area (TPSA) is 93.5 Å². The lowest BCUT2D eigenvalue weighted by atomic mass is 9.32. The number of piperazine rings is 1. The van der Waals surface area contributed by atoms with Gasteiger partial charge in [0.25, 0.3) is 0 Å². The molecule has 1 saturated heterocycles. The fourth-order valence-corrected chi connectivity index (χ4v) is 11.7. The number of carbonyl (C=O) groups is 1. The van der Waals surface area contributed by atoms with Crippen molar-refractivity contribution in [3.63, 3.8) is 0 Å². The Hall–Kier alpha value is -3.13. The number of ketones is 1. The maximum absolute atomic E-state index is 14.7. The van der Waals surface area contributed by atoms with Crippen LogP contribution >= 0.6 is 0 Å². The summed E-state index contributed by atoms with van der Waals surface area (Å²) in [7, 11) is 1.64. The molecular formula is C40H50N2O5. The first-order chi connectivity index (χ1) is 22.5. The predicted octanol–water partition coefficient (Wildman–Crippen LogP) is 6.00. The number of para-hydroxylation sites is 2. The van der Waals surface area contributed by atoms with Crippen LogP contribution in [-0.4, -0.2) is 77.5 Å². The third-order valence-corrected chi connectivity index (χ3v) is 14.4. The van der Waals surface area contributed by atoms with Gasteiger partial charge in [-0.3, -0.25) is 9.69 Å². The lowest BCUT2D eigenvalue weighted by Crippen LogP contribution is -2.67. The van der Waals surface area contributed by atoms with Gasteiger partial charge in [0.2, 0.25) is 0 Å². The Bertz CT molecular complexity index is 1630. The quantitative estimate of drug-likeness (QED) is 0.264. The lowest BCUT2D eigenvalue weighted by Gasteiger charge is -2.71. The van der Waals surface area contributed by atoms with E-state index < -0.39 is 11.0 Å². The maximum atomic E-state index is 14.7. The summed E-state index contributed by atoms with van der Waals surface area (Å²) < 4.78 is 5.40. The minimum Gasteiger partial charge on any atom is -0.506 e. The molecule has 1 heterocycles. The average Bonchev–Trinajstić information content (AvgIpc) is 3.35. The zero-order valence-corrected chi connectivity index (χ0v) is 28.1. The van der Waals surface area contributed by atoms with Gasteiger partial charge in [-0.2, -0.15) is 0 Å². The number of allylic oxidation sites excluding steroid dienone is 4. The number of rotatable bonds is 6. The van der Waals surface area contributed by atoms with Crippen LogP contribution in [0.5, 0.6) is 11.5 Å². The normalized spacial score (nSPS) is 40.7. The molecule has 0 radical (unpaired) electrons. The molecule has 0 amide bonds. The van der Waals surface area contributed by atoms with Gasteiger partial charge in [-0.25, -0.2) is 0 Å². The number of carbonyl (C=O) groups excluding carboxylic acids is 1. The van der Waals surface area contributed by atoms with Crippen molar-refractivity contribution in [2.75, 3.05) is 44.7 Å². The van der Waals surface area contributed by atoms with Crippen molar-refractivity contribution >= 4 is 11.5 Å². The monoisotopic (exact) mass is 638 g/mol. The third kappa shape index (κ3) is 4.25. The van der Waals surface area contributed by atoms with Gasteiger partial charge in [-0.05, 0) is 98.6 Å². The van der Waals surface area contributed by atoms with Gasteiger partial charge in [0.05, 0.1) is 24.5 Å². The van der Waals surface area contributed by atoms with Gasteiger partial charge in [0.15, 0.2) is 5.78 Å². The van der Waals surface area contributed by atoms with Crippen LogP contribution in [0.3, 0.4) is 0 Å². The number of ether oxygens (including phenoxy) is 1. The Labute approximate surface area is 278 Å². The molecule has 9 rings (SSSR count). The van der Waals surface area contributed by atoms with Gasteiger partial charge in [0.1, 0.15) is 11.5 Å². The van der Waals surface area contributed by atoms with Crippen molar-refractivity contribution < 1.29 is 24.9 Å². The summed E-state index contributed by atoms with van der Waals surface area (Å²) in [4.78, 5) is 19.4. The highest BCUT2D eigenvalue weighted by Crippen LogP contribution is 2.78. The first kappa shape index (κ1) is 31.2. The number of aromatic hydroxyl groups is 1. The number of aliphatic hydroxyl groups excluding tert-OH is 1. The van der Waals surface area contributed by atoms with Crippen molar-refractivity contribution in [2.45, 2.75) is 70.5 Å². The van der Waals surface area contributed by atoms with E-state index in [-0.39, 0.29) is 40.0 Å². The summed E-state index contributed by atoms with van der Waals surface area (Å²) in [5, 5.41) is 34.2. The number of hydrogen-bond acceptors (Lipinski definition) is 7. The van der Waals surface area contributed by atoms with Crippen LogP contribution in [0.25, 0.3) is 0 Å². The number of nitrogens with zero attached hydrogens (tertiary/aromatic N) is 2. The Morgan fingerprint density at radius 2 is 1.57 bits per heavy atom. The van der Waals surface area contributed by atoms with E-state index in [1.54, 1.807) is 13.2 Å². The van der Waals surface area contributed by atoms with E-state index in [1.165, 1.54) is 0 Å². The fourth-order valence-electron chi connectivity index (χ4n) is 11.7. The Kier molecular flexibility index (Phi) is 7.08. The number of methoxy groups -OCH3 is 1. The Balaban J connectivity index is 1.13. The summed E-state index contributed by atoms with van der Waals surface area (Å²) in [5.74, 6) is 1.52. The molecule has 2 bridgehead atoms. The van der Waals surface area contributed by atoms with Crippen LogP contribution in [0, 0.1) is 33.5 Å². The number of Topliss-reactive ketones (excluding diaryl/α,β-unsaturated/α-hetero) is 1. The lowest BCUT2D eigenvalue weighted by molar-refractivity contribution is -0.176. The van der Waals surface area contributed by atoms with Crippen molar-refractivity contribution in [1.29, 1.82) is 0 Å². The molecule has 7 nitrogen and oxygen atoms in total. The molecule has 6 aliphatic carbocycles. The largest absolute Gasteiger partial charge is 0.506 e. The molecule has 8 unspecified atom stereocenters. The highest BCUT2D eigenvalue weighted by atomic mass is 16.5. The number of hydrogen-bond donors (Lipinski definition) is 3. The molecule has 1 aliphatic heterocycles. The Morgan fingerprint density at radius 3 is 2.30 bits per heavy atom. The van der Waals surface area contributed by atoms with Crippen LogP contribution in [0.2, 0.25) is 0 Å². The fraction of sp³-hybridized carbons (Fsp3) is 0.575. The summed E-state index contributed by atoms with van der Waals surface area (Å²) in [6.07, 6.45) is 12.6. The van der Waals surface area contributed by atoms with Crippen LogP contribution in [0.4, 0.5) is 5.69 Å². The number of phenols is 1. The number of β-amino-alcohol motifs (C(OH)–C–C–N with tert-alkyl or cyclic N) is 1. The van der Waals surface area contributed by atoms with Gasteiger partial charge in [0, 0.05) is 60.1 Å². The zero-order chi connectivity index (χ0) is 32.8. The SMILES string of the molecule is COc1ccc(C(=O)C2=CC34C=CC25C(CCC2(C)C5CCC2(O)CN2CCN(c5ccccc5O)CC2)C3(C)CCC(O)C4)cc1. The smallest absolute Gasteiger partial charge is 0.189 e. The molecule has 2 aromatic carbocycles. The second-order valence-electron chi connectivity index (χ2n) is 16.1. The van der Waals surface area contributed by atoms with Gasteiger partial charge >= 0.3 is 0 Å². The number of benzene rings is 2. The highest BCUT2D eigenvalue weighted by molar-refractivity contribution is 6.10. The Morgan fingerprint density at radius 1 is 0.894 bits per heavy atom.